The molecule has 0 saturated heterocycles. The van der Waals surface area contributed by atoms with Crippen LogP contribution >= 0.6 is 0 Å². The molecule has 1 aliphatic carbocycles. The van der Waals surface area contributed by atoms with E-state index in [1.54, 1.807) is 0 Å². The van der Waals surface area contributed by atoms with Crippen LogP contribution in [0.3, 0.4) is 0 Å². The van der Waals surface area contributed by atoms with Crippen molar-refractivity contribution in [3.05, 3.63) is 29.8 Å². The zero-order valence-corrected chi connectivity index (χ0v) is 12.7. The summed E-state index contributed by atoms with van der Waals surface area (Å²) in [7, 11) is 0. The molecular formula is C14H13F3N6O2. The predicted molar refractivity (Wildman–Crippen MR) is 77.3 cm³/mol. The van der Waals surface area contributed by atoms with E-state index in [0.717, 1.165) is 29.8 Å². The molecule has 2 amide bonds. The number of halogens is 3. The van der Waals surface area contributed by atoms with Crippen molar-refractivity contribution in [1.82, 2.24) is 31.1 Å². The first-order valence-corrected chi connectivity index (χ1v) is 7.37. The number of carbonyl (C=O) groups is 2. The third-order valence-electron chi connectivity index (χ3n) is 3.46. The molecule has 8 nitrogen and oxygen atoms in total. The van der Waals surface area contributed by atoms with Gasteiger partial charge in [0, 0.05) is 11.5 Å². The molecule has 0 unspecified atom stereocenters. The third-order valence-corrected chi connectivity index (χ3v) is 3.46. The maximum atomic E-state index is 12.7. The van der Waals surface area contributed by atoms with Gasteiger partial charge >= 0.3 is 6.18 Å². The van der Waals surface area contributed by atoms with Crippen LogP contribution in [0.25, 0.3) is 11.4 Å². The SMILES string of the molecule is O=C(Cn1nnc(-c2cccc(C(F)(F)F)c2)n1)NNC(=O)C1CC1. The van der Waals surface area contributed by atoms with Crippen LogP contribution in [0.5, 0.6) is 0 Å². The third kappa shape index (κ3) is 4.31. The zero-order valence-electron chi connectivity index (χ0n) is 12.7. The number of aromatic nitrogens is 4. The first-order chi connectivity index (χ1) is 11.8. The number of carbonyl (C=O) groups excluding carboxylic acids is 2. The second-order valence-corrected chi connectivity index (χ2v) is 5.53. The number of hydrogen-bond donors (Lipinski definition) is 2. The Kier molecular flexibility index (Phi) is 4.38. The largest absolute Gasteiger partial charge is 0.416 e. The number of nitrogens with one attached hydrogen (secondary N) is 2. The van der Waals surface area contributed by atoms with Crippen LogP contribution in [0.15, 0.2) is 24.3 Å². The molecule has 1 fully saturated rings. The minimum Gasteiger partial charge on any atom is -0.273 e. The average Bonchev–Trinajstić information content (AvgIpc) is 3.32. The van der Waals surface area contributed by atoms with Gasteiger partial charge < -0.3 is 0 Å². The van der Waals surface area contributed by atoms with E-state index < -0.39 is 17.6 Å². The lowest BCUT2D eigenvalue weighted by molar-refractivity contribution is -0.137. The molecule has 3 rings (SSSR count). The van der Waals surface area contributed by atoms with Crippen LogP contribution in [0.1, 0.15) is 18.4 Å². The van der Waals surface area contributed by atoms with Crippen molar-refractivity contribution in [3.63, 3.8) is 0 Å². The van der Waals surface area contributed by atoms with Crippen molar-refractivity contribution in [3.8, 4) is 11.4 Å². The maximum Gasteiger partial charge on any atom is 0.416 e. The van der Waals surface area contributed by atoms with E-state index in [1.807, 2.05) is 0 Å². The van der Waals surface area contributed by atoms with Crippen molar-refractivity contribution in [2.45, 2.75) is 25.6 Å². The lowest BCUT2D eigenvalue weighted by Crippen LogP contribution is -2.44. The molecule has 1 saturated carbocycles. The van der Waals surface area contributed by atoms with Crippen LogP contribution < -0.4 is 10.9 Å². The van der Waals surface area contributed by atoms with Crippen molar-refractivity contribution in [1.29, 1.82) is 0 Å². The molecule has 0 aliphatic heterocycles. The molecule has 11 heteroatoms. The molecule has 0 spiro atoms. The highest BCUT2D eigenvalue weighted by Crippen LogP contribution is 2.31. The monoisotopic (exact) mass is 354 g/mol. The van der Waals surface area contributed by atoms with Crippen molar-refractivity contribution >= 4 is 11.8 Å². The Morgan fingerprint density at radius 2 is 2.00 bits per heavy atom. The minimum absolute atomic E-state index is 0.0408. The normalized spacial score (nSPS) is 14.2. The fourth-order valence-electron chi connectivity index (χ4n) is 2.01. The van der Waals surface area contributed by atoms with Gasteiger partial charge in [-0.25, -0.2) is 0 Å². The van der Waals surface area contributed by atoms with Gasteiger partial charge in [0.25, 0.3) is 5.91 Å². The van der Waals surface area contributed by atoms with Crippen LogP contribution in [-0.4, -0.2) is 32.0 Å². The second kappa shape index (κ2) is 6.49. The molecule has 1 aromatic heterocycles. The number of hydrazine groups is 1. The molecule has 1 heterocycles. The van der Waals surface area contributed by atoms with Gasteiger partial charge in [0.15, 0.2) is 0 Å². The first-order valence-electron chi connectivity index (χ1n) is 7.37. The summed E-state index contributed by atoms with van der Waals surface area (Å²) in [5, 5.41) is 11.1. The molecule has 25 heavy (non-hydrogen) atoms. The fourth-order valence-corrected chi connectivity index (χ4v) is 2.01. The topological polar surface area (TPSA) is 102 Å². The zero-order chi connectivity index (χ0) is 18.0. The second-order valence-electron chi connectivity index (χ2n) is 5.53. The summed E-state index contributed by atoms with van der Waals surface area (Å²) in [5.41, 5.74) is 3.79. The van der Waals surface area contributed by atoms with Gasteiger partial charge in [-0.15, -0.1) is 10.2 Å². The van der Waals surface area contributed by atoms with Crippen LogP contribution in [-0.2, 0) is 22.3 Å². The van der Waals surface area contributed by atoms with Gasteiger partial charge in [-0.1, -0.05) is 12.1 Å². The summed E-state index contributed by atoms with van der Waals surface area (Å²) in [6.07, 6.45) is -2.88. The standard InChI is InChI=1S/C14H13F3N6O2/c15-14(16,17)10-3-1-2-9(6-10)12-19-22-23(21-12)7-11(24)18-20-13(25)8-4-5-8/h1-3,6,8H,4-5,7H2,(H,18,24)(H,20,25). The first kappa shape index (κ1) is 16.9. The predicted octanol–water partition coefficient (Wildman–Crippen LogP) is 0.916. The molecule has 1 aromatic carbocycles. The smallest absolute Gasteiger partial charge is 0.273 e. The Hall–Kier alpha value is -2.98. The van der Waals surface area contributed by atoms with Crippen LogP contribution in [0, 0.1) is 5.92 Å². The van der Waals surface area contributed by atoms with E-state index in [0.29, 0.717) is 0 Å². The van der Waals surface area contributed by atoms with E-state index in [-0.39, 0.29) is 29.8 Å². The van der Waals surface area contributed by atoms with Crippen molar-refractivity contribution in [2.24, 2.45) is 5.92 Å². The van der Waals surface area contributed by atoms with Gasteiger partial charge in [0.2, 0.25) is 11.7 Å². The van der Waals surface area contributed by atoms with E-state index in [1.165, 1.54) is 12.1 Å². The summed E-state index contributed by atoms with van der Waals surface area (Å²) >= 11 is 0. The number of rotatable bonds is 4. The van der Waals surface area contributed by atoms with Gasteiger partial charge in [0.1, 0.15) is 6.54 Å². The number of hydrogen-bond acceptors (Lipinski definition) is 5. The molecule has 1 aliphatic rings. The molecule has 2 aromatic rings. The Morgan fingerprint density at radius 1 is 1.24 bits per heavy atom. The number of benzene rings is 1. The quantitative estimate of drug-likeness (QED) is 0.795. The highest BCUT2D eigenvalue weighted by Gasteiger charge is 2.31. The van der Waals surface area contributed by atoms with Gasteiger partial charge in [-0.3, -0.25) is 20.4 Å². The Morgan fingerprint density at radius 3 is 2.68 bits per heavy atom. The molecule has 0 atom stereocenters. The molecule has 132 valence electrons. The number of amides is 2. The molecule has 2 N–H and O–H groups in total. The average molecular weight is 354 g/mol. The molecule has 0 radical (unpaired) electrons. The minimum atomic E-state index is -4.48. The highest BCUT2D eigenvalue weighted by molar-refractivity contribution is 5.84. The summed E-state index contributed by atoms with van der Waals surface area (Å²) in [6, 6.07) is 4.48. The maximum absolute atomic E-state index is 12.7. The number of alkyl halides is 3. The summed E-state index contributed by atoms with van der Waals surface area (Å²) < 4.78 is 38.2. The summed E-state index contributed by atoms with van der Waals surface area (Å²) in [4.78, 5) is 24.0. The Bertz CT molecular complexity index is 800. The van der Waals surface area contributed by atoms with Gasteiger partial charge in [-0.2, -0.15) is 18.0 Å². The molecule has 0 bridgehead atoms. The van der Waals surface area contributed by atoms with E-state index in [2.05, 4.69) is 26.3 Å². The number of tetrazole rings is 1. The van der Waals surface area contributed by atoms with Gasteiger partial charge in [0.05, 0.1) is 5.56 Å². The van der Waals surface area contributed by atoms with E-state index in [9.17, 15) is 22.8 Å². The molecular weight excluding hydrogens is 341 g/mol. The lowest BCUT2D eigenvalue weighted by Gasteiger charge is -2.06. The summed E-state index contributed by atoms with van der Waals surface area (Å²) in [5.74, 6) is -0.940. The summed E-state index contributed by atoms with van der Waals surface area (Å²) in [6.45, 7) is -0.336. The van der Waals surface area contributed by atoms with E-state index >= 15 is 0 Å². The van der Waals surface area contributed by atoms with Gasteiger partial charge in [-0.05, 0) is 30.2 Å². The highest BCUT2D eigenvalue weighted by atomic mass is 19.4. The van der Waals surface area contributed by atoms with Crippen LogP contribution in [0.4, 0.5) is 13.2 Å². The number of nitrogens with zero attached hydrogens (tertiary/aromatic N) is 4. The Labute approximate surface area is 139 Å². The lowest BCUT2D eigenvalue weighted by atomic mass is 10.1. The van der Waals surface area contributed by atoms with Crippen LogP contribution in [0.2, 0.25) is 0 Å². The fraction of sp³-hybridized carbons (Fsp3) is 0.357. The van der Waals surface area contributed by atoms with E-state index in [4.69, 9.17) is 0 Å². The van der Waals surface area contributed by atoms with Crippen molar-refractivity contribution < 1.29 is 22.8 Å². The van der Waals surface area contributed by atoms with Crippen molar-refractivity contribution in [2.75, 3.05) is 0 Å². The Balaban J connectivity index is 1.62.